The summed E-state index contributed by atoms with van der Waals surface area (Å²) in [6.45, 7) is 5.19. The second kappa shape index (κ2) is 7.24. The van der Waals surface area contributed by atoms with E-state index in [-0.39, 0.29) is 0 Å². The van der Waals surface area contributed by atoms with Crippen molar-refractivity contribution in [1.82, 2.24) is 4.90 Å². The zero-order valence-corrected chi connectivity index (χ0v) is 10.0. The van der Waals surface area contributed by atoms with Crippen LogP contribution >= 0.6 is 0 Å². The van der Waals surface area contributed by atoms with Crippen LogP contribution in [0.1, 0.15) is 39.0 Å². The van der Waals surface area contributed by atoms with E-state index < -0.39 is 0 Å². The summed E-state index contributed by atoms with van der Waals surface area (Å²) in [5, 5.41) is 20.7. The maximum Gasteiger partial charge on any atom is 0.0627 e. The second-order valence-electron chi connectivity index (χ2n) is 4.36. The molecule has 0 saturated carbocycles. The van der Waals surface area contributed by atoms with Crippen LogP contribution in [0, 0.1) is 17.2 Å². The molecule has 0 amide bonds. The maximum atomic E-state index is 8.86. The molecule has 1 N–H and O–H groups in total. The highest BCUT2D eigenvalue weighted by Gasteiger charge is 2.23. The van der Waals surface area contributed by atoms with Gasteiger partial charge in [0.25, 0.3) is 0 Å². The summed E-state index contributed by atoms with van der Waals surface area (Å²) < 4.78 is 0. The predicted octanol–water partition coefficient (Wildman–Crippen LogP) is 2.24. The summed E-state index contributed by atoms with van der Waals surface area (Å²) >= 11 is 0. The molecule has 0 aromatic rings. The summed E-state index contributed by atoms with van der Waals surface area (Å²) in [5.74, 6) is 0.412. The lowest BCUT2D eigenvalue weighted by molar-refractivity contribution is 0.224. The lowest BCUT2D eigenvalue weighted by Gasteiger charge is -2.32. The van der Waals surface area contributed by atoms with Crippen LogP contribution in [0.15, 0.2) is 5.16 Å². The molecule has 1 unspecified atom stereocenters. The largest absolute Gasteiger partial charge is 0.411 e. The van der Waals surface area contributed by atoms with E-state index in [0.29, 0.717) is 12.3 Å². The van der Waals surface area contributed by atoms with E-state index in [1.54, 1.807) is 0 Å². The molecule has 1 heterocycles. The first kappa shape index (κ1) is 13.0. The van der Waals surface area contributed by atoms with Crippen LogP contribution in [0.2, 0.25) is 0 Å². The first-order chi connectivity index (χ1) is 7.81. The average molecular weight is 223 g/mol. The van der Waals surface area contributed by atoms with E-state index in [4.69, 9.17) is 10.5 Å². The van der Waals surface area contributed by atoms with Gasteiger partial charge in [0.05, 0.1) is 11.8 Å². The minimum absolute atomic E-state index is 0.412. The van der Waals surface area contributed by atoms with Crippen LogP contribution in [-0.2, 0) is 0 Å². The smallest absolute Gasteiger partial charge is 0.0627 e. The quantitative estimate of drug-likeness (QED) is 0.442. The molecule has 1 rings (SSSR count). The molecule has 0 bridgehead atoms. The van der Waals surface area contributed by atoms with E-state index in [1.165, 1.54) is 0 Å². The lowest BCUT2D eigenvalue weighted by Crippen LogP contribution is -2.41. The van der Waals surface area contributed by atoms with Crippen LogP contribution in [0.3, 0.4) is 0 Å². The highest BCUT2D eigenvalue weighted by molar-refractivity contribution is 5.87. The molecule has 4 nitrogen and oxygen atoms in total. The van der Waals surface area contributed by atoms with Gasteiger partial charge in [0.15, 0.2) is 0 Å². The van der Waals surface area contributed by atoms with Crippen LogP contribution < -0.4 is 0 Å². The Morgan fingerprint density at radius 2 is 2.38 bits per heavy atom. The first-order valence-electron chi connectivity index (χ1n) is 6.12. The van der Waals surface area contributed by atoms with Crippen molar-refractivity contribution in [3.63, 3.8) is 0 Å². The van der Waals surface area contributed by atoms with Gasteiger partial charge >= 0.3 is 0 Å². The fourth-order valence-corrected chi connectivity index (χ4v) is 2.22. The molecule has 16 heavy (non-hydrogen) atoms. The van der Waals surface area contributed by atoms with Crippen molar-refractivity contribution in [2.75, 3.05) is 19.6 Å². The summed E-state index contributed by atoms with van der Waals surface area (Å²) in [7, 11) is 0. The maximum absolute atomic E-state index is 8.86. The van der Waals surface area contributed by atoms with E-state index in [0.717, 1.165) is 51.0 Å². The molecule has 0 aromatic heterocycles. The summed E-state index contributed by atoms with van der Waals surface area (Å²) in [6, 6.07) is 2.17. The van der Waals surface area contributed by atoms with Crippen LogP contribution in [0.4, 0.5) is 0 Å². The molecule has 4 heteroatoms. The Morgan fingerprint density at radius 3 is 3.00 bits per heavy atom. The molecular weight excluding hydrogens is 202 g/mol. The number of piperidine rings is 1. The van der Waals surface area contributed by atoms with Gasteiger partial charge < -0.3 is 10.1 Å². The highest BCUT2D eigenvalue weighted by Crippen LogP contribution is 2.17. The third kappa shape index (κ3) is 3.82. The van der Waals surface area contributed by atoms with Gasteiger partial charge in [-0.3, -0.25) is 0 Å². The van der Waals surface area contributed by atoms with Crippen molar-refractivity contribution in [3.05, 3.63) is 0 Å². The van der Waals surface area contributed by atoms with Crippen molar-refractivity contribution in [2.24, 2.45) is 11.1 Å². The van der Waals surface area contributed by atoms with Crippen LogP contribution in [-0.4, -0.2) is 35.5 Å². The van der Waals surface area contributed by atoms with E-state index in [2.05, 4.69) is 23.0 Å². The number of rotatable bonds is 5. The van der Waals surface area contributed by atoms with E-state index in [9.17, 15) is 0 Å². The Morgan fingerprint density at radius 1 is 1.56 bits per heavy atom. The zero-order chi connectivity index (χ0) is 11.8. The van der Waals surface area contributed by atoms with Gasteiger partial charge in [-0.1, -0.05) is 12.1 Å². The Hall–Kier alpha value is -1.08. The molecule has 1 aliphatic rings. The number of nitrogens with zero attached hydrogens (tertiary/aromatic N) is 3. The molecule has 90 valence electrons. The lowest BCUT2D eigenvalue weighted by atomic mass is 9.93. The second-order valence-corrected chi connectivity index (χ2v) is 4.36. The number of unbranched alkanes of at least 4 members (excludes halogenated alkanes) is 2. The van der Waals surface area contributed by atoms with Gasteiger partial charge in [-0.05, 0) is 25.8 Å². The number of hydrogen-bond acceptors (Lipinski definition) is 4. The molecule has 0 aromatic carbocycles. The molecule has 1 aliphatic heterocycles. The van der Waals surface area contributed by atoms with E-state index >= 15 is 0 Å². The Labute approximate surface area is 97.5 Å². The van der Waals surface area contributed by atoms with E-state index in [1.807, 2.05) is 0 Å². The minimum Gasteiger partial charge on any atom is -0.411 e. The third-order valence-electron chi connectivity index (χ3n) is 3.27. The summed E-state index contributed by atoms with van der Waals surface area (Å²) in [6.07, 6.45) is 4.66. The predicted molar refractivity (Wildman–Crippen MR) is 63.5 cm³/mol. The normalized spacial score (nSPS) is 24.5. The summed E-state index contributed by atoms with van der Waals surface area (Å²) in [5.41, 5.74) is 0.954. The molecule has 0 aliphatic carbocycles. The van der Waals surface area contributed by atoms with Gasteiger partial charge in [0, 0.05) is 31.8 Å². The number of nitriles is 1. The monoisotopic (exact) mass is 223 g/mol. The van der Waals surface area contributed by atoms with Gasteiger partial charge in [0.2, 0.25) is 0 Å². The summed E-state index contributed by atoms with van der Waals surface area (Å²) in [4.78, 5) is 2.42. The number of likely N-dealkylation sites (tertiary alicyclic amines) is 1. The Kier molecular flexibility index (Phi) is 5.87. The molecule has 0 radical (unpaired) electrons. The van der Waals surface area contributed by atoms with Crippen molar-refractivity contribution >= 4 is 5.71 Å². The standard InChI is InChI=1S/C12H21N3O/c1-2-11-10-15(8-5-3-4-7-13)9-6-12(11)14-16/h11,16H,2-6,8-10H2,1H3. The van der Waals surface area contributed by atoms with Crippen LogP contribution in [0.5, 0.6) is 0 Å². The molecule has 1 fully saturated rings. The average Bonchev–Trinajstić information content (AvgIpc) is 2.34. The van der Waals surface area contributed by atoms with Crippen molar-refractivity contribution < 1.29 is 5.21 Å². The van der Waals surface area contributed by atoms with Crippen molar-refractivity contribution in [2.45, 2.75) is 39.0 Å². The molecule has 1 saturated heterocycles. The topological polar surface area (TPSA) is 59.6 Å². The minimum atomic E-state index is 0.412. The van der Waals surface area contributed by atoms with Crippen molar-refractivity contribution in [1.29, 1.82) is 5.26 Å². The van der Waals surface area contributed by atoms with Gasteiger partial charge in [-0.15, -0.1) is 0 Å². The number of hydrogen-bond donors (Lipinski definition) is 1. The molecular formula is C12H21N3O. The van der Waals surface area contributed by atoms with Crippen LogP contribution in [0.25, 0.3) is 0 Å². The molecule has 0 spiro atoms. The fraction of sp³-hybridized carbons (Fsp3) is 0.833. The van der Waals surface area contributed by atoms with Gasteiger partial charge in [-0.25, -0.2) is 0 Å². The highest BCUT2D eigenvalue weighted by atomic mass is 16.4. The molecule has 1 atom stereocenters. The fourth-order valence-electron chi connectivity index (χ4n) is 2.22. The SMILES string of the molecule is CCC1CN(CCCCC#N)CCC1=NO. The Balaban J connectivity index is 2.28. The number of oxime groups is 1. The Bertz CT molecular complexity index is 270. The zero-order valence-electron chi connectivity index (χ0n) is 10.0. The van der Waals surface area contributed by atoms with Gasteiger partial charge in [0.1, 0.15) is 0 Å². The first-order valence-corrected chi connectivity index (χ1v) is 6.12. The van der Waals surface area contributed by atoms with Gasteiger partial charge in [-0.2, -0.15) is 5.26 Å². The van der Waals surface area contributed by atoms with Crippen molar-refractivity contribution in [3.8, 4) is 6.07 Å². The third-order valence-corrected chi connectivity index (χ3v) is 3.27.